The van der Waals surface area contributed by atoms with Gasteiger partial charge in [-0.1, -0.05) is 13.8 Å². The number of hydrogen-bond donors (Lipinski definition) is 1. The molecule has 0 aliphatic carbocycles. The Bertz CT molecular complexity index is 323. The molecule has 0 amide bonds. The largest absolute Gasteiger partial charge is 0.387 e. The van der Waals surface area contributed by atoms with Gasteiger partial charge in [-0.25, -0.2) is 4.39 Å². The van der Waals surface area contributed by atoms with Gasteiger partial charge in [0.15, 0.2) is 0 Å². The highest BCUT2D eigenvalue weighted by Gasteiger charge is 2.10. The van der Waals surface area contributed by atoms with Crippen molar-refractivity contribution < 1.29 is 4.39 Å². The fourth-order valence-corrected chi connectivity index (χ4v) is 1.98. The summed E-state index contributed by atoms with van der Waals surface area (Å²) in [4.78, 5) is 0.692. The third-order valence-electron chi connectivity index (χ3n) is 2.21. The quantitative estimate of drug-likeness (QED) is 0.768. The Morgan fingerprint density at radius 3 is 2.43 bits per heavy atom. The van der Waals surface area contributed by atoms with Crippen LogP contribution in [0.2, 0.25) is 0 Å². The van der Waals surface area contributed by atoms with Gasteiger partial charge in [0.1, 0.15) is 5.82 Å². The summed E-state index contributed by atoms with van der Waals surface area (Å²) < 4.78 is 13.6. The molecule has 0 atom stereocenters. The molecule has 0 aliphatic heterocycles. The van der Waals surface area contributed by atoms with E-state index in [0.717, 1.165) is 11.3 Å². The molecular weight excluding hydrogens is 197 g/mol. The predicted molar refractivity (Wildman–Crippen MR) is 61.8 cm³/mol. The Morgan fingerprint density at radius 1 is 1.36 bits per heavy atom. The van der Waals surface area contributed by atoms with E-state index < -0.39 is 0 Å². The Morgan fingerprint density at radius 2 is 2.00 bits per heavy atom. The van der Waals surface area contributed by atoms with E-state index >= 15 is 0 Å². The van der Waals surface area contributed by atoms with Gasteiger partial charge in [-0.05, 0) is 29.9 Å². The lowest BCUT2D eigenvalue weighted by atomic mass is 10.0. The first kappa shape index (κ1) is 11.4. The first-order valence-electron chi connectivity index (χ1n) is 4.65. The molecule has 0 radical (unpaired) electrons. The zero-order valence-corrected chi connectivity index (χ0v) is 9.83. The summed E-state index contributed by atoms with van der Waals surface area (Å²) in [5.41, 5.74) is 1.91. The van der Waals surface area contributed by atoms with E-state index in [-0.39, 0.29) is 5.82 Å². The van der Waals surface area contributed by atoms with Gasteiger partial charge in [-0.15, -0.1) is 11.8 Å². The van der Waals surface area contributed by atoms with Crippen LogP contribution < -0.4 is 5.32 Å². The van der Waals surface area contributed by atoms with Crippen LogP contribution in [-0.2, 0) is 0 Å². The molecule has 0 unspecified atom stereocenters. The third-order valence-corrected chi connectivity index (χ3v) is 3.03. The Labute approximate surface area is 89.1 Å². The van der Waals surface area contributed by atoms with Crippen molar-refractivity contribution in [2.24, 2.45) is 0 Å². The minimum Gasteiger partial charge on any atom is -0.387 e. The van der Waals surface area contributed by atoms with Crippen molar-refractivity contribution in [2.75, 3.05) is 18.6 Å². The van der Waals surface area contributed by atoms with E-state index in [9.17, 15) is 4.39 Å². The highest BCUT2D eigenvalue weighted by Crippen LogP contribution is 2.31. The summed E-state index contributed by atoms with van der Waals surface area (Å²) in [6.45, 7) is 4.12. The van der Waals surface area contributed by atoms with Gasteiger partial charge < -0.3 is 5.32 Å². The molecule has 14 heavy (non-hydrogen) atoms. The van der Waals surface area contributed by atoms with Crippen molar-refractivity contribution in [2.45, 2.75) is 24.7 Å². The lowest BCUT2D eigenvalue weighted by molar-refractivity contribution is 0.599. The molecule has 1 aromatic carbocycles. The van der Waals surface area contributed by atoms with Crippen LogP contribution in [0.3, 0.4) is 0 Å². The Kier molecular flexibility index (Phi) is 3.81. The number of rotatable bonds is 3. The first-order chi connectivity index (χ1) is 6.60. The molecule has 1 N–H and O–H groups in total. The van der Waals surface area contributed by atoms with Gasteiger partial charge in [0.05, 0.1) is 10.6 Å². The van der Waals surface area contributed by atoms with Gasteiger partial charge >= 0.3 is 0 Å². The standard InChI is InChI=1S/C11H16FNS/c1-7(2)8-5-9(12)11(14-4)10(6-8)13-3/h5-7,13H,1-4H3. The van der Waals surface area contributed by atoms with Crippen LogP contribution in [0, 0.1) is 5.82 Å². The second kappa shape index (κ2) is 4.69. The molecule has 0 bridgehead atoms. The van der Waals surface area contributed by atoms with Gasteiger partial charge in [-0.2, -0.15) is 0 Å². The van der Waals surface area contributed by atoms with Crippen LogP contribution in [-0.4, -0.2) is 13.3 Å². The summed E-state index contributed by atoms with van der Waals surface area (Å²) >= 11 is 1.43. The first-order valence-corrected chi connectivity index (χ1v) is 5.87. The molecule has 0 heterocycles. The molecule has 0 saturated heterocycles. The van der Waals surface area contributed by atoms with Crippen LogP contribution in [0.15, 0.2) is 17.0 Å². The third kappa shape index (κ3) is 2.21. The second-order valence-electron chi connectivity index (χ2n) is 3.49. The van der Waals surface area contributed by atoms with Crippen LogP contribution in [0.1, 0.15) is 25.3 Å². The fraction of sp³-hybridized carbons (Fsp3) is 0.455. The average Bonchev–Trinajstić information content (AvgIpc) is 2.16. The zero-order valence-electron chi connectivity index (χ0n) is 9.02. The van der Waals surface area contributed by atoms with Crippen LogP contribution in [0.25, 0.3) is 0 Å². The van der Waals surface area contributed by atoms with Crippen LogP contribution in [0.4, 0.5) is 10.1 Å². The van der Waals surface area contributed by atoms with E-state index in [1.807, 2.05) is 19.4 Å². The summed E-state index contributed by atoms with van der Waals surface area (Å²) in [7, 11) is 1.82. The summed E-state index contributed by atoms with van der Waals surface area (Å²) in [6.07, 6.45) is 1.88. The molecular formula is C11H16FNS. The number of benzene rings is 1. The number of halogens is 1. The molecule has 78 valence electrons. The fourth-order valence-electron chi connectivity index (χ4n) is 1.34. The number of anilines is 1. The van der Waals surface area contributed by atoms with Gasteiger partial charge in [0.2, 0.25) is 0 Å². The molecule has 3 heteroatoms. The second-order valence-corrected chi connectivity index (χ2v) is 4.30. The topological polar surface area (TPSA) is 12.0 Å². The Hall–Kier alpha value is -0.700. The molecule has 0 aromatic heterocycles. The number of hydrogen-bond acceptors (Lipinski definition) is 2. The smallest absolute Gasteiger partial charge is 0.139 e. The maximum Gasteiger partial charge on any atom is 0.139 e. The molecule has 1 aromatic rings. The summed E-state index contributed by atoms with van der Waals surface area (Å²) in [5, 5.41) is 3.02. The van der Waals surface area contributed by atoms with Crippen molar-refractivity contribution in [3.63, 3.8) is 0 Å². The highest BCUT2D eigenvalue weighted by molar-refractivity contribution is 7.98. The highest BCUT2D eigenvalue weighted by atomic mass is 32.2. The number of nitrogens with one attached hydrogen (secondary N) is 1. The van der Waals surface area contributed by atoms with Crippen molar-refractivity contribution in [3.05, 3.63) is 23.5 Å². The van der Waals surface area contributed by atoms with E-state index in [2.05, 4.69) is 19.2 Å². The average molecular weight is 213 g/mol. The van der Waals surface area contributed by atoms with Gasteiger partial charge in [0.25, 0.3) is 0 Å². The van der Waals surface area contributed by atoms with E-state index in [0.29, 0.717) is 10.8 Å². The van der Waals surface area contributed by atoms with E-state index in [1.165, 1.54) is 11.8 Å². The van der Waals surface area contributed by atoms with Crippen molar-refractivity contribution in [1.29, 1.82) is 0 Å². The SMILES string of the molecule is CNc1cc(C(C)C)cc(F)c1SC. The molecule has 1 rings (SSSR count). The maximum atomic E-state index is 13.6. The monoisotopic (exact) mass is 213 g/mol. The Balaban J connectivity index is 3.24. The minimum absolute atomic E-state index is 0.131. The zero-order chi connectivity index (χ0) is 10.7. The van der Waals surface area contributed by atoms with E-state index in [4.69, 9.17) is 0 Å². The summed E-state index contributed by atoms with van der Waals surface area (Å²) in [5.74, 6) is 0.223. The predicted octanol–water partition coefficient (Wildman–Crippen LogP) is 3.71. The molecule has 0 fully saturated rings. The van der Waals surface area contributed by atoms with E-state index in [1.54, 1.807) is 6.07 Å². The molecule has 0 saturated carbocycles. The van der Waals surface area contributed by atoms with Crippen molar-refractivity contribution >= 4 is 17.4 Å². The lowest BCUT2D eigenvalue weighted by Gasteiger charge is -2.12. The lowest BCUT2D eigenvalue weighted by Crippen LogP contribution is -1.97. The summed E-state index contributed by atoms with van der Waals surface area (Å²) in [6, 6.07) is 3.64. The van der Waals surface area contributed by atoms with Gasteiger partial charge in [-0.3, -0.25) is 0 Å². The number of thioether (sulfide) groups is 1. The normalized spacial score (nSPS) is 10.7. The van der Waals surface area contributed by atoms with Crippen molar-refractivity contribution in [1.82, 2.24) is 0 Å². The van der Waals surface area contributed by atoms with Crippen LogP contribution >= 0.6 is 11.8 Å². The van der Waals surface area contributed by atoms with Crippen LogP contribution in [0.5, 0.6) is 0 Å². The molecule has 0 aliphatic rings. The molecule has 1 nitrogen and oxygen atoms in total. The van der Waals surface area contributed by atoms with Crippen molar-refractivity contribution in [3.8, 4) is 0 Å². The molecule has 0 spiro atoms. The minimum atomic E-state index is -0.131. The maximum absolute atomic E-state index is 13.6. The van der Waals surface area contributed by atoms with Gasteiger partial charge in [0, 0.05) is 7.05 Å².